The van der Waals surface area contributed by atoms with E-state index in [9.17, 15) is 19.7 Å². The van der Waals surface area contributed by atoms with Crippen molar-refractivity contribution in [3.05, 3.63) is 39.4 Å². The van der Waals surface area contributed by atoms with Crippen LogP contribution in [0.1, 0.15) is 40.5 Å². The van der Waals surface area contributed by atoms with E-state index in [0.29, 0.717) is 5.92 Å². The van der Waals surface area contributed by atoms with Crippen LogP contribution in [0.2, 0.25) is 0 Å². The second-order valence-electron chi connectivity index (χ2n) is 5.51. The number of amides is 1. The lowest BCUT2D eigenvalue weighted by Crippen LogP contribution is -2.36. The van der Waals surface area contributed by atoms with Crippen molar-refractivity contribution in [3.63, 3.8) is 0 Å². The molecule has 0 bridgehead atoms. The molecule has 1 aromatic rings. The molecule has 1 aliphatic carbocycles. The largest absolute Gasteiger partial charge is 0.465 e. The fourth-order valence-corrected chi connectivity index (χ4v) is 2.36. The molecular weight excluding hydrogens is 288 g/mol. The third kappa shape index (κ3) is 3.24. The standard InChI is InChI=1S/C15H18N2O5/c1-9(10-4-5-10)16(2)14(18)11-6-12(15(19)22-3)8-13(7-11)17(20)21/h6-10H,4-5H2,1-3H3/t9-/m1/s1. The summed E-state index contributed by atoms with van der Waals surface area (Å²) in [5.74, 6) is -0.573. The zero-order valence-electron chi connectivity index (χ0n) is 12.7. The Morgan fingerprint density at radius 1 is 1.32 bits per heavy atom. The highest BCUT2D eigenvalue weighted by molar-refractivity contribution is 5.99. The van der Waals surface area contributed by atoms with Gasteiger partial charge in [0.1, 0.15) is 0 Å². The van der Waals surface area contributed by atoms with Gasteiger partial charge in [-0.2, -0.15) is 0 Å². The third-order valence-corrected chi connectivity index (χ3v) is 4.03. The van der Waals surface area contributed by atoms with Crippen LogP contribution in [0.25, 0.3) is 0 Å². The summed E-state index contributed by atoms with van der Waals surface area (Å²) in [7, 11) is 2.85. The van der Waals surface area contributed by atoms with Crippen molar-refractivity contribution in [2.75, 3.05) is 14.2 Å². The van der Waals surface area contributed by atoms with Gasteiger partial charge in [0.15, 0.2) is 0 Å². The highest BCUT2D eigenvalue weighted by Crippen LogP contribution is 2.35. The lowest BCUT2D eigenvalue weighted by molar-refractivity contribution is -0.384. The predicted octanol–water partition coefficient (Wildman–Crippen LogP) is 2.25. The van der Waals surface area contributed by atoms with Crippen molar-refractivity contribution in [2.24, 2.45) is 5.92 Å². The average molecular weight is 306 g/mol. The van der Waals surface area contributed by atoms with Crippen LogP contribution >= 0.6 is 0 Å². The van der Waals surface area contributed by atoms with E-state index in [4.69, 9.17) is 0 Å². The Bertz CT molecular complexity index is 624. The van der Waals surface area contributed by atoms with Gasteiger partial charge in [-0.3, -0.25) is 14.9 Å². The molecule has 0 unspecified atom stereocenters. The van der Waals surface area contributed by atoms with E-state index < -0.39 is 10.9 Å². The van der Waals surface area contributed by atoms with Crippen molar-refractivity contribution in [2.45, 2.75) is 25.8 Å². The summed E-state index contributed by atoms with van der Waals surface area (Å²) >= 11 is 0. The molecule has 0 aliphatic heterocycles. The molecule has 0 aromatic heterocycles. The summed E-state index contributed by atoms with van der Waals surface area (Å²) < 4.78 is 4.58. The minimum absolute atomic E-state index is 0.00692. The lowest BCUT2D eigenvalue weighted by atomic mass is 10.1. The molecule has 22 heavy (non-hydrogen) atoms. The normalized spacial score (nSPS) is 15.0. The molecule has 7 heteroatoms. The molecule has 118 valence electrons. The Morgan fingerprint density at radius 2 is 1.91 bits per heavy atom. The van der Waals surface area contributed by atoms with E-state index >= 15 is 0 Å². The molecule has 2 rings (SSSR count). The average Bonchev–Trinajstić information content (AvgIpc) is 3.36. The van der Waals surface area contributed by atoms with Crippen molar-refractivity contribution >= 4 is 17.6 Å². The molecule has 0 saturated heterocycles. The SMILES string of the molecule is COC(=O)c1cc(C(=O)N(C)[C@H](C)C2CC2)cc([N+](=O)[O-])c1. The van der Waals surface area contributed by atoms with Crippen LogP contribution in [0.3, 0.4) is 0 Å². The summed E-state index contributed by atoms with van der Waals surface area (Å²) in [6.07, 6.45) is 2.17. The highest BCUT2D eigenvalue weighted by atomic mass is 16.6. The summed E-state index contributed by atoms with van der Waals surface area (Å²) in [4.78, 5) is 36.0. The first-order valence-electron chi connectivity index (χ1n) is 7.00. The maximum atomic E-state index is 12.5. The minimum atomic E-state index is -0.712. The highest BCUT2D eigenvalue weighted by Gasteiger charge is 2.33. The smallest absolute Gasteiger partial charge is 0.338 e. The van der Waals surface area contributed by atoms with E-state index in [2.05, 4.69) is 4.74 Å². The Labute approximate surface area is 128 Å². The number of nitro benzene ring substituents is 1. The quantitative estimate of drug-likeness (QED) is 0.473. The van der Waals surface area contributed by atoms with Gasteiger partial charge in [-0.05, 0) is 31.7 Å². The lowest BCUT2D eigenvalue weighted by Gasteiger charge is -2.25. The number of nitrogens with zero attached hydrogens (tertiary/aromatic N) is 2. The van der Waals surface area contributed by atoms with E-state index in [1.807, 2.05) is 6.92 Å². The van der Waals surface area contributed by atoms with Crippen molar-refractivity contribution in [3.8, 4) is 0 Å². The van der Waals surface area contributed by atoms with E-state index in [1.165, 1.54) is 19.2 Å². The molecule has 1 amide bonds. The Kier molecular flexibility index (Phi) is 4.44. The maximum absolute atomic E-state index is 12.5. The predicted molar refractivity (Wildman–Crippen MR) is 78.7 cm³/mol. The molecule has 1 saturated carbocycles. The Balaban J connectivity index is 2.35. The van der Waals surface area contributed by atoms with Gasteiger partial charge < -0.3 is 9.64 Å². The number of carbonyl (C=O) groups is 2. The van der Waals surface area contributed by atoms with Crippen LogP contribution in [0.15, 0.2) is 18.2 Å². The number of ether oxygens (including phenoxy) is 1. The first kappa shape index (κ1) is 15.9. The number of hydrogen-bond donors (Lipinski definition) is 0. The molecular formula is C15H18N2O5. The number of non-ortho nitro benzene ring substituents is 1. The molecule has 1 aliphatic rings. The molecule has 0 spiro atoms. The monoisotopic (exact) mass is 306 g/mol. The topological polar surface area (TPSA) is 89.8 Å². The Morgan fingerprint density at radius 3 is 2.41 bits per heavy atom. The van der Waals surface area contributed by atoms with Gasteiger partial charge in [0.25, 0.3) is 11.6 Å². The second-order valence-corrected chi connectivity index (χ2v) is 5.51. The summed E-state index contributed by atoms with van der Waals surface area (Å²) in [5, 5.41) is 11.0. The third-order valence-electron chi connectivity index (χ3n) is 4.03. The van der Waals surface area contributed by atoms with Crippen LogP contribution in [-0.2, 0) is 4.74 Å². The van der Waals surface area contributed by atoms with Crippen LogP contribution in [0, 0.1) is 16.0 Å². The van der Waals surface area contributed by atoms with Gasteiger partial charge in [0, 0.05) is 30.8 Å². The molecule has 1 atom stereocenters. The summed E-state index contributed by atoms with van der Waals surface area (Å²) in [5.41, 5.74) is -0.198. The first-order chi connectivity index (χ1) is 10.3. The van der Waals surface area contributed by atoms with Crippen LogP contribution < -0.4 is 0 Å². The second kappa shape index (κ2) is 6.13. The Hall–Kier alpha value is -2.44. The zero-order chi connectivity index (χ0) is 16.4. The number of rotatable bonds is 5. The fraction of sp³-hybridized carbons (Fsp3) is 0.467. The number of hydrogen-bond acceptors (Lipinski definition) is 5. The van der Waals surface area contributed by atoms with Gasteiger partial charge in [0.2, 0.25) is 0 Å². The number of carbonyl (C=O) groups excluding carboxylic acids is 2. The fourth-order valence-electron chi connectivity index (χ4n) is 2.36. The number of benzene rings is 1. The summed E-state index contributed by atoms with van der Waals surface area (Å²) in [6.45, 7) is 1.95. The van der Waals surface area contributed by atoms with Crippen molar-refractivity contribution in [1.29, 1.82) is 0 Å². The van der Waals surface area contributed by atoms with Gasteiger partial charge in [0.05, 0.1) is 17.6 Å². The van der Waals surface area contributed by atoms with Gasteiger partial charge >= 0.3 is 5.97 Å². The molecule has 0 radical (unpaired) electrons. The molecule has 1 fully saturated rings. The zero-order valence-corrected chi connectivity index (χ0v) is 12.7. The summed E-state index contributed by atoms with van der Waals surface area (Å²) in [6, 6.07) is 3.68. The van der Waals surface area contributed by atoms with Crippen LogP contribution in [0.5, 0.6) is 0 Å². The van der Waals surface area contributed by atoms with Crippen LogP contribution in [-0.4, -0.2) is 41.9 Å². The minimum Gasteiger partial charge on any atom is -0.465 e. The molecule has 0 N–H and O–H groups in total. The van der Waals surface area contributed by atoms with Crippen LogP contribution in [0.4, 0.5) is 5.69 Å². The maximum Gasteiger partial charge on any atom is 0.338 e. The van der Waals surface area contributed by atoms with Crippen molar-refractivity contribution in [1.82, 2.24) is 4.90 Å². The van der Waals surface area contributed by atoms with Gasteiger partial charge in [-0.25, -0.2) is 4.79 Å². The van der Waals surface area contributed by atoms with Gasteiger partial charge in [-0.15, -0.1) is 0 Å². The van der Waals surface area contributed by atoms with Crippen molar-refractivity contribution < 1.29 is 19.2 Å². The number of esters is 1. The van der Waals surface area contributed by atoms with E-state index in [1.54, 1.807) is 11.9 Å². The first-order valence-corrected chi connectivity index (χ1v) is 7.00. The molecule has 0 heterocycles. The van der Waals surface area contributed by atoms with Gasteiger partial charge in [-0.1, -0.05) is 0 Å². The number of nitro groups is 1. The van der Waals surface area contributed by atoms with E-state index in [0.717, 1.165) is 18.9 Å². The molecule has 1 aromatic carbocycles. The number of methoxy groups -OCH3 is 1. The molecule has 7 nitrogen and oxygen atoms in total. The van der Waals surface area contributed by atoms with E-state index in [-0.39, 0.29) is 28.8 Å².